The SMILES string of the molecule is CC(C)C[C@H]1CCCN(CC(=O)N2CC(=O)Nc3ccccc32)C1. The fraction of sp³-hybridized carbons (Fsp3) is 0.579. The molecule has 0 spiro atoms. The Morgan fingerprint density at radius 3 is 2.92 bits per heavy atom. The van der Waals surface area contributed by atoms with Crippen molar-refractivity contribution < 1.29 is 9.59 Å². The molecule has 2 heterocycles. The lowest BCUT2D eigenvalue weighted by molar-refractivity contribution is -0.123. The summed E-state index contributed by atoms with van der Waals surface area (Å²) in [6.45, 7) is 6.99. The number of nitrogens with zero attached hydrogens (tertiary/aromatic N) is 2. The molecule has 1 aromatic rings. The van der Waals surface area contributed by atoms with E-state index in [0.717, 1.165) is 30.9 Å². The molecule has 3 rings (SSSR count). The van der Waals surface area contributed by atoms with E-state index in [-0.39, 0.29) is 18.4 Å². The van der Waals surface area contributed by atoms with Gasteiger partial charge in [-0.3, -0.25) is 19.4 Å². The number of rotatable bonds is 4. The van der Waals surface area contributed by atoms with Gasteiger partial charge in [-0.25, -0.2) is 0 Å². The fourth-order valence-electron chi connectivity index (χ4n) is 3.89. The highest BCUT2D eigenvalue weighted by molar-refractivity contribution is 6.10. The molecule has 24 heavy (non-hydrogen) atoms. The molecule has 130 valence electrons. The first kappa shape index (κ1) is 17.0. The standard InChI is InChI=1S/C19H27N3O2/c1-14(2)10-15-6-5-9-21(11-15)13-19(24)22-12-18(23)20-16-7-3-4-8-17(16)22/h3-4,7-8,14-15H,5-6,9-13H2,1-2H3,(H,20,23)/t15-/m1/s1. The van der Waals surface area contributed by atoms with Gasteiger partial charge in [0, 0.05) is 6.54 Å². The molecule has 1 saturated heterocycles. The van der Waals surface area contributed by atoms with Crippen molar-refractivity contribution in [1.29, 1.82) is 0 Å². The van der Waals surface area contributed by atoms with Crippen LogP contribution in [-0.2, 0) is 9.59 Å². The van der Waals surface area contributed by atoms with Crippen LogP contribution in [0.2, 0.25) is 0 Å². The average molecular weight is 329 g/mol. The van der Waals surface area contributed by atoms with Gasteiger partial charge >= 0.3 is 0 Å². The Balaban J connectivity index is 1.66. The molecule has 5 heteroatoms. The highest BCUT2D eigenvalue weighted by Gasteiger charge is 2.29. The van der Waals surface area contributed by atoms with Crippen LogP contribution in [-0.4, -0.2) is 42.9 Å². The van der Waals surface area contributed by atoms with Gasteiger partial charge in [0.2, 0.25) is 11.8 Å². The van der Waals surface area contributed by atoms with Crippen molar-refractivity contribution >= 4 is 23.2 Å². The molecule has 1 aromatic carbocycles. The van der Waals surface area contributed by atoms with E-state index in [1.807, 2.05) is 24.3 Å². The molecular formula is C19H27N3O2. The van der Waals surface area contributed by atoms with Crippen LogP contribution < -0.4 is 10.2 Å². The normalized spacial score (nSPS) is 21.5. The molecule has 2 aliphatic rings. The summed E-state index contributed by atoms with van der Waals surface area (Å²) in [5.41, 5.74) is 1.52. The minimum absolute atomic E-state index is 0.0162. The first-order valence-corrected chi connectivity index (χ1v) is 8.94. The number of benzene rings is 1. The van der Waals surface area contributed by atoms with Crippen LogP contribution in [0.3, 0.4) is 0 Å². The Kier molecular flexibility index (Phi) is 5.19. The van der Waals surface area contributed by atoms with Crippen molar-refractivity contribution in [2.75, 3.05) is 36.4 Å². The predicted octanol–water partition coefficient (Wildman–Crippen LogP) is 2.73. The molecular weight excluding hydrogens is 302 g/mol. The zero-order valence-corrected chi connectivity index (χ0v) is 14.6. The number of hydrogen-bond acceptors (Lipinski definition) is 3. The zero-order chi connectivity index (χ0) is 17.1. The molecule has 0 radical (unpaired) electrons. The summed E-state index contributed by atoms with van der Waals surface area (Å²) in [7, 11) is 0. The third-order valence-corrected chi connectivity index (χ3v) is 4.84. The van der Waals surface area contributed by atoms with E-state index in [0.29, 0.717) is 18.4 Å². The number of piperidine rings is 1. The number of carbonyl (C=O) groups excluding carboxylic acids is 2. The average Bonchev–Trinajstić information content (AvgIpc) is 2.53. The van der Waals surface area contributed by atoms with E-state index >= 15 is 0 Å². The van der Waals surface area contributed by atoms with Crippen molar-refractivity contribution in [2.24, 2.45) is 11.8 Å². The third kappa shape index (κ3) is 3.96. The first-order valence-electron chi connectivity index (χ1n) is 8.94. The van der Waals surface area contributed by atoms with Crippen molar-refractivity contribution in [3.05, 3.63) is 24.3 Å². The maximum atomic E-state index is 12.8. The highest BCUT2D eigenvalue weighted by atomic mass is 16.2. The number of hydrogen-bond donors (Lipinski definition) is 1. The molecule has 1 atom stereocenters. The Hall–Kier alpha value is -1.88. The molecule has 2 amide bonds. The first-order chi connectivity index (χ1) is 11.5. The van der Waals surface area contributed by atoms with Crippen LogP contribution in [0.25, 0.3) is 0 Å². The second kappa shape index (κ2) is 7.34. The lowest BCUT2D eigenvalue weighted by Crippen LogP contribution is -2.48. The second-order valence-electron chi connectivity index (χ2n) is 7.42. The number of fused-ring (bicyclic) bond motifs is 1. The number of anilines is 2. The minimum Gasteiger partial charge on any atom is -0.323 e. The topological polar surface area (TPSA) is 52.7 Å². The number of nitrogens with one attached hydrogen (secondary N) is 1. The maximum Gasteiger partial charge on any atom is 0.244 e. The lowest BCUT2D eigenvalue weighted by Gasteiger charge is -2.35. The summed E-state index contributed by atoms with van der Waals surface area (Å²) >= 11 is 0. The fourth-order valence-corrected chi connectivity index (χ4v) is 3.89. The predicted molar refractivity (Wildman–Crippen MR) is 96.0 cm³/mol. The van der Waals surface area contributed by atoms with Crippen molar-refractivity contribution in [3.63, 3.8) is 0 Å². The Bertz CT molecular complexity index is 614. The van der Waals surface area contributed by atoms with Crippen LogP contribution in [0.5, 0.6) is 0 Å². The van der Waals surface area contributed by atoms with Gasteiger partial charge in [0.15, 0.2) is 0 Å². The molecule has 0 saturated carbocycles. The van der Waals surface area contributed by atoms with Gasteiger partial charge in [-0.2, -0.15) is 0 Å². The van der Waals surface area contributed by atoms with Gasteiger partial charge in [0.1, 0.15) is 6.54 Å². The number of likely N-dealkylation sites (tertiary alicyclic amines) is 1. The molecule has 5 nitrogen and oxygen atoms in total. The van der Waals surface area contributed by atoms with Crippen molar-refractivity contribution in [1.82, 2.24) is 4.90 Å². The maximum absolute atomic E-state index is 12.8. The molecule has 0 unspecified atom stereocenters. The monoisotopic (exact) mass is 329 g/mol. The summed E-state index contributed by atoms with van der Waals surface area (Å²) in [5, 5.41) is 2.83. The van der Waals surface area contributed by atoms with Gasteiger partial charge in [-0.15, -0.1) is 0 Å². The van der Waals surface area contributed by atoms with Gasteiger partial charge in [-0.05, 0) is 49.8 Å². The van der Waals surface area contributed by atoms with E-state index in [4.69, 9.17) is 0 Å². The summed E-state index contributed by atoms with van der Waals surface area (Å²) in [5.74, 6) is 1.27. The van der Waals surface area contributed by atoms with Crippen LogP contribution in [0.1, 0.15) is 33.1 Å². The second-order valence-corrected chi connectivity index (χ2v) is 7.42. The molecule has 0 bridgehead atoms. The van der Waals surface area contributed by atoms with Crippen molar-refractivity contribution in [2.45, 2.75) is 33.1 Å². The minimum atomic E-state index is -0.127. The molecule has 0 aromatic heterocycles. The van der Waals surface area contributed by atoms with E-state index in [9.17, 15) is 9.59 Å². The molecule has 0 aliphatic carbocycles. The number of carbonyl (C=O) groups is 2. The Morgan fingerprint density at radius 1 is 1.33 bits per heavy atom. The summed E-state index contributed by atoms with van der Waals surface area (Å²) in [6, 6.07) is 7.50. The molecule has 2 aliphatic heterocycles. The van der Waals surface area contributed by atoms with E-state index in [1.165, 1.54) is 12.8 Å². The largest absolute Gasteiger partial charge is 0.323 e. The molecule has 1 fully saturated rings. The summed E-state index contributed by atoms with van der Waals surface area (Å²) in [4.78, 5) is 28.6. The third-order valence-electron chi connectivity index (χ3n) is 4.84. The van der Waals surface area contributed by atoms with Gasteiger partial charge in [0.05, 0.1) is 17.9 Å². The summed E-state index contributed by atoms with van der Waals surface area (Å²) < 4.78 is 0. The number of para-hydroxylation sites is 2. The van der Waals surface area contributed by atoms with Gasteiger partial charge in [0.25, 0.3) is 0 Å². The van der Waals surface area contributed by atoms with Gasteiger partial charge in [-0.1, -0.05) is 26.0 Å². The quantitative estimate of drug-likeness (QED) is 0.924. The smallest absolute Gasteiger partial charge is 0.244 e. The van der Waals surface area contributed by atoms with E-state index < -0.39 is 0 Å². The van der Waals surface area contributed by atoms with E-state index in [2.05, 4.69) is 24.1 Å². The molecule has 1 N–H and O–H groups in total. The van der Waals surface area contributed by atoms with E-state index in [1.54, 1.807) is 4.90 Å². The lowest BCUT2D eigenvalue weighted by atomic mass is 9.90. The number of amides is 2. The van der Waals surface area contributed by atoms with Crippen molar-refractivity contribution in [3.8, 4) is 0 Å². The van der Waals surface area contributed by atoms with Crippen LogP contribution in [0, 0.1) is 11.8 Å². The van der Waals surface area contributed by atoms with Crippen LogP contribution >= 0.6 is 0 Å². The Morgan fingerprint density at radius 2 is 2.12 bits per heavy atom. The summed E-state index contributed by atoms with van der Waals surface area (Å²) in [6.07, 6.45) is 3.64. The highest BCUT2D eigenvalue weighted by Crippen LogP contribution is 2.29. The zero-order valence-electron chi connectivity index (χ0n) is 14.6. The van der Waals surface area contributed by atoms with Crippen LogP contribution in [0.15, 0.2) is 24.3 Å². The van der Waals surface area contributed by atoms with Crippen LogP contribution in [0.4, 0.5) is 11.4 Å². The Labute approximate surface area is 144 Å². The van der Waals surface area contributed by atoms with Gasteiger partial charge < -0.3 is 5.32 Å².